The van der Waals surface area contributed by atoms with Gasteiger partial charge in [0.15, 0.2) is 0 Å². The number of hydrogen-bond donors (Lipinski definition) is 2. The topological polar surface area (TPSA) is 49.3 Å². The molecule has 1 amide bonds. The normalized spacial score (nSPS) is 24.0. The molecule has 2 N–H and O–H groups in total. The van der Waals surface area contributed by atoms with Crippen LogP contribution in [-0.2, 0) is 10.2 Å². The van der Waals surface area contributed by atoms with Gasteiger partial charge in [-0.05, 0) is 31.4 Å². The van der Waals surface area contributed by atoms with Gasteiger partial charge in [0.05, 0.1) is 11.5 Å². The van der Waals surface area contributed by atoms with E-state index in [2.05, 4.69) is 5.32 Å². The Hall–Kier alpha value is -2.13. The van der Waals surface area contributed by atoms with E-state index >= 15 is 0 Å². The molecule has 0 heterocycles. The van der Waals surface area contributed by atoms with Gasteiger partial charge in [0, 0.05) is 12.5 Å². The molecule has 3 heteroatoms. The molecular weight excluding hydrogens is 286 g/mol. The number of aliphatic hydroxyl groups is 1. The Balaban J connectivity index is 1.82. The molecule has 0 unspecified atom stereocenters. The summed E-state index contributed by atoms with van der Waals surface area (Å²) in [6.07, 6.45) is 0.708. The molecule has 0 aromatic heterocycles. The van der Waals surface area contributed by atoms with E-state index in [0.29, 0.717) is 6.42 Å². The number of nitrogens with one attached hydrogen (secondary N) is 1. The van der Waals surface area contributed by atoms with Gasteiger partial charge < -0.3 is 10.4 Å². The van der Waals surface area contributed by atoms with Crippen molar-refractivity contribution in [2.45, 2.75) is 31.7 Å². The minimum absolute atomic E-state index is 0.00757. The second-order valence-electron chi connectivity index (χ2n) is 6.53. The average Bonchev–Trinajstić information content (AvgIpc) is 3.32. The molecule has 1 fully saturated rings. The Morgan fingerprint density at radius 1 is 1.22 bits per heavy atom. The number of amides is 1. The highest BCUT2D eigenvalue weighted by Gasteiger charge is 2.60. The maximum atomic E-state index is 12.9. The smallest absolute Gasteiger partial charge is 0.231 e. The van der Waals surface area contributed by atoms with E-state index in [-0.39, 0.29) is 24.5 Å². The molecule has 2 aromatic rings. The van der Waals surface area contributed by atoms with E-state index in [9.17, 15) is 9.90 Å². The Labute approximate surface area is 137 Å². The number of carbonyl (C=O) groups excluding carboxylic acids is 1. The summed E-state index contributed by atoms with van der Waals surface area (Å²) in [5, 5.41) is 12.7. The van der Waals surface area contributed by atoms with Crippen molar-refractivity contribution in [2.24, 2.45) is 5.92 Å². The number of rotatable bonds is 5. The molecule has 0 spiro atoms. The number of benzene rings is 2. The van der Waals surface area contributed by atoms with E-state index in [1.807, 2.05) is 68.4 Å². The minimum Gasteiger partial charge on any atom is -0.396 e. The van der Waals surface area contributed by atoms with Gasteiger partial charge in [-0.3, -0.25) is 4.79 Å². The fourth-order valence-corrected chi connectivity index (χ4v) is 3.31. The largest absolute Gasteiger partial charge is 0.396 e. The van der Waals surface area contributed by atoms with Crippen LogP contribution in [0.3, 0.4) is 0 Å². The van der Waals surface area contributed by atoms with Gasteiger partial charge in [0.2, 0.25) is 5.91 Å². The van der Waals surface area contributed by atoms with Gasteiger partial charge in [-0.25, -0.2) is 0 Å². The summed E-state index contributed by atoms with van der Waals surface area (Å²) in [6, 6.07) is 18.0. The molecule has 0 saturated heterocycles. The first-order valence-electron chi connectivity index (χ1n) is 8.12. The van der Waals surface area contributed by atoms with Crippen LogP contribution in [0.5, 0.6) is 0 Å². The molecule has 120 valence electrons. The first-order valence-corrected chi connectivity index (χ1v) is 8.12. The zero-order valence-electron chi connectivity index (χ0n) is 13.6. The second-order valence-corrected chi connectivity index (χ2v) is 6.53. The van der Waals surface area contributed by atoms with Crippen LogP contribution >= 0.6 is 0 Å². The Morgan fingerprint density at radius 3 is 2.43 bits per heavy atom. The van der Waals surface area contributed by atoms with E-state index in [4.69, 9.17) is 0 Å². The van der Waals surface area contributed by atoms with Gasteiger partial charge in [0.1, 0.15) is 0 Å². The molecule has 3 nitrogen and oxygen atoms in total. The SMILES string of the molecule is Cc1ccc([C@]2(C(=O)N[C@H](C)c3ccccc3)C[C@H]2CO)cc1. The monoisotopic (exact) mass is 309 g/mol. The lowest BCUT2D eigenvalue weighted by molar-refractivity contribution is -0.124. The van der Waals surface area contributed by atoms with Crippen molar-refractivity contribution in [1.29, 1.82) is 0 Å². The summed E-state index contributed by atoms with van der Waals surface area (Å²) in [5.74, 6) is 0.0185. The first kappa shape index (κ1) is 15.8. The van der Waals surface area contributed by atoms with Crippen molar-refractivity contribution in [3.05, 3.63) is 71.3 Å². The molecule has 0 bridgehead atoms. The van der Waals surface area contributed by atoms with Crippen LogP contribution in [0, 0.1) is 12.8 Å². The summed E-state index contributed by atoms with van der Waals surface area (Å²) in [4.78, 5) is 12.9. The summed E-state index contributed by atoms with van der Waals surface area (Å²) >= 11 is 0. The summed E-state index contributed by atoms with van der Waals surface area (Å²) in [5.41, 5.74) is 2.68. The number of aryl methyl sites for hydroxylation is 1. The van der Waals surface area contributed by atoms with E-state index < -0.39 is 5.41 Å². The van der Waals surface area contributed by atoms with Crippen molar-refractivity contribution in [3.63, 3.8) is 0 Å². The Kier molecular flexibility index (Phi) is 4.22. The van der Waals surface area contributed by atoms with Crippen LogP contribution in [0.15, 0.2) is 54.6 Å². The molecule has 0 radical (unpaired) electrons. The van der Waals surface area contributed by atoms with Gasteiger partial charge in [-0.15, -0.1) is 0 Å². The standard InChI is InChI=1S/C20H23NO2/c1-14-8-10-17(11-9-14)20(12-18(20)13-22)19(23)21-15(2)16-6-4-3-5-7-16/h3-11,15,18,22H,12-13H2,1-2H3,(H,21,23)/t15-,18+,20-/m1/s1. The first-order chi connectivity index (χ1) is 11.1. The molecule has 3 rings (SSSR count). The highest BCUT2D eigenvalue weighted by Crippen LogP contribution is 2.54. The minimum atomic E-state index is -0.578. The zero-order chi connectivity index (χ0) is 16.4. The molecular formula is C20H23NO2. The Bertz CT molecular complexity index is 681. The number of aliphatic hydroxyl groups excluding tert-OH is 1. The van der Waals surface area contributed by atoms with Crippen molar-refractivity contribution in [2.75, 3.05) is 6.61 Å². The lowest BCUT2D eigenvalue weighted by Crippen LogP contribution is -2.38. The summed E-state index contributed by atoms with van der Waals surface area (Å²) in [7, 11) is 0. The van der Waals surface area contributed by atoms with Crippen molar-refractivity contribution in [3.8, 4) is 0 Å². The molecule has 23 heavy (non-hydrogen) atoms. The van der Waals surface area contributed by atoms with Crippen LogP contribution in [0.25, 0.3) is 0 Å². The van der Waals surface area contributed by atoms with Crippen molar-refractivity contribution >= 4 is 5.91 Å². The highest BCUT2D eigenvalue weighted by atomic mass is 16.3. The highest BCUT2D eigenvalue weighted by molar-refractivity contribution is 5.92. The third-order valence-corrected chi connectivity index (χ3v) is 4.94. The summed E-state index contributed by atoms with van der Waals surface area (Å²) in [6.45, 7) is 4.07. The zero-order valence-corrected chi connectivity index (χ0v) is 13.6. The molecule has 2 aromatic carbocycles. The quantitative estimate of drug-likeness (QED) is 0.891. The van der Waals surface area contributed by atoms with Crippen LogP contribution < -0.4 is 5.32 Å². The maximum Gasteiger partial charge on any atom is 0.231 e. The molecule has 0 aliphatic heterocycles. The molecule has 1 saturated carbocycles. The fraction of sp³-hybridized carbons (Fsp3) is 0.350. The van der Waals surface area contributed by atoms with E-state index in [1.165, 1.54) is 5.56 Å². The van der Waals surface area contributed by atoms with Crippen LogP contribution in [0.1, 0.15) is 36.1 Å². The third kappa shape index (κ3) is 2.89. The van der Waals surface area contributed by atoms with Crippen molar-refractivity contribution < 1.29 is 9.90 Å². The lowest BCUT2D eigenvalue weighted by atomic mass is 9.91. The third-order valence-electron chi connectivity index (χ3n) is 4.94. The van der Waals surface area contributed by atoms with Gasteiger partial charge >= 0.3 is 0 Å². The summed E-state index contributed by atoms with van der Waals surface area (Å²) < 4.78 is 0. The van der Waals surface area contributed by atoms with Crippen LogP contribution in [0.4, 0.5) is 0 Å². The molecule has 1 aliphatic rings. The van der Waals surface area contributed by atoms with Crippen LogP contribution in [-0.4, -0.2) is 17.6 Å². The van der Waals surface area contributed by atoms with Crippen molar-refractivity contribution in [1.82, 2.24) is 5.32 Å². The van der Waals surface area contributed by atoms with Gasteiger partial charge in [-0.2, -0.15) is 0 Å². The predicted molar refractivity (Wildman–Crippen MR) is 91.0 cm³/mol. The number of hydrogen-bond acceptors (Lipinski definition) is 2. The molecule has 3 atom stereocenters. The Morgan fingerprint density at radius 2 is 1.87 bits per heavy atom. The average molecular weight is 309 g/mol. The lowest BCUT2D eigenvalue weighted by Gasteiger charge is -2.22. The van der Waals surface area contributed by atoms with Crippen LogP contribution in [0.2, 0.25) is 0 Å². The van der Waals surface area contributed by atoms with Gasteiger partial charge in [-0.1, -0.05) is 60.2 Å². The van der Waals surface area contributed by atoms with E-state index in [0.717, 1.165) is 11.1 Å². The predicted octanol–water partition coefficient (Wildman–Crippen LogP) is 3.12. The van der Waals surface area contributed by atoms with Gasteiger partial charge in [0.25, 0.3) is 0 Å². The number of carbonyl (C=O) groups is 1. The molecule has 1 aliphatic carbocycles. The fourth-order valence-electron chi connectivity index (χ4n) is 3.31. The van der Waals surface area contributed by atoms with E-state index in [1.54, 1.807) is 0 Å². The second kappa shape index (κ2) is 6.17. The maximum absolute atomic E-state index is 12.9.